The highest BCUT2D eigenvalue weighted by Gasteiger charge is 2.34. The molecule has 0 spiro atoms. The van der Waals surface area contributed by atoms with Crippen molar-refractivity contribution in [3.63, 3.8) is 0 Å². The Morgan fingerprint density at radius 2 is 2.05 bits per heavy atom. The Morgan fingerprint density at radius 3 is 2.65 bits per heavy atom. The second kappa shape index (κ2) is 6.08. The standard InChI is InChI=1S/C17H22N2S/c1-13-5-2-3-7-16(13)17(11-18)19(14-8-9-14)12-15-6-4-10-20-15/h2-7,10,14,17H,8-9,11-12,18H2,1H3. The molecule has 0 saturated heterocycles. The van der Waals surface area contributed by atoms with Crippen LogP contribution < -0.4 is 5.73 Å². The smallest absolute Gasteiger partial charge is 0.0479 e. The number of thiophene rings is 1. The lowest BCUT2D eigenvalue weighted by Crippen LogP contribution is -2.35. The zero-order chi connectivity index (χ0) is 13.9. The van der Waals surface area contributed by atoms with Crippen molar-refractivity contribution in [2.24, 2.45) is 5.73 Å². The van der Waals surface area contributed by atoms with Gasteiger partial charge in [-0.3, -0.25) is 4.90 Å². The first-order chi connectivity index (χ1) is 9.79. The molecule has 1 aromatic heterocycles. The molecule has 3 rings (SSSR count). The van der Waals surface area contributed by atoms with E-state index in [1.165, 1.54) is 28.8 Å². The van der Waals surface area contributed by atoms with Gasteiger partial charge in [-0.05, 0) is 42.3 Å². The molecule has 2 nitrogen and oxygen atoms in total. The Hall–Kier alpha value is -1.16. The predicted molar refractivity (Wildman–Crippen MR) is 85.9 cm³/mol. The Kier molecular flexibility index (Phi) is 4.20. The van der Waals surface area contributed by atoms with Gasteiger partial charge < -0.3 is 5.73 Å². The third-order valence-corrected chi connectivity index (χ3v) is 4.97. The molecule has 1 saturated carbocycles. The minimum absolute atomic E-state index is 0.339. The van der Waals surface area contributed by atoms with E-state index in [1.54, 1.807) is 0 Å². The van der Waals surface area contributed by atoms with Crippen LogP contribution in [-0.2, 0) is 6.54 Å². The minimum atomic E-state index is 0.339. The molecule has 1 atom stereocenters. The van der Waals surface area contributed by atoms with Gasteiger partial charge in [-0.15, -0.1) is 11.3 Å². The molecule has 0 amide bonds. The number of hydrogen-bond donors (Lipinski definition) is 1. The molecule has 2 N–H and O–H groups in total. The number of nitrogens with zero attached hydrogens (tertiary/aromatic N) is 1. The fourth-order valence-electron chi connectivity index (χ4n) is 2.88. The second-order valence-corrected chi connectivity index (χ2v) is 6.62. The lowest BCUT2D eigenvalue weighted by molar-refractivity contribution is 0.183. The molecule has 1 aliphatic carbocycles. The van der Waals surface area contributed by atoms with Gasteiger partial charge in [0.1, 0.15) is 0 Å². The maximum atomic E-state index is 6.13. The molecule has 1 fully saturated rings. The lowest BCUT2D eigenvalue weighted by atomic mass is 9.99. The topological polar surface area (TPSA) is 29.3 Å². The van der Waals surface area contributed by atoms with Crippen LogP contribution in [0.25, 0.3) is 0 Å². The van der Waals surface area contributed by atoms with E-state index >= 15 is 0 Å². The maximum absolute atomic E-state index is 6.13. The van der Waals surface area contributed by atoms with E-state index in [4.69, 9.17) is 5.73 Å². The van der Waals surface area contributed by atoms with Crippen molar-refractivity contribution in [2.45, 2.75) is 38.4 Å². The number of hydrogen-bond acceptors (Lipinski definition) is 3. The third kappa shape index (κ3) is 2.95. The third-order valence-electron chi connectivity index (χ3n) is 4.11. The molecule has 1 unspecified atom stereocenters. The van der Waals surface area contributed by atoms with Crippen molar-refractivity contribution in [1.29, 1.82) is 0 Å². The summed E-state index contributed by atoms with van der Waals surface area (Å²) in [6, 6.07) is 14.1. The van der Waals surface area contributed by atoms with Crippen molar-refractivity contribution in [2.75, 3.05) is 6.54 Å². The Morgan fingerprint density at radius 1 is 1.25 bits per heavy atom. The van der Waals surface area contributed by atoms with Crippen LogP contribution in [0, 0.1) is 6.92 Å². The molecule has 2 aromatic rings. The summed E-state index contributed by atoms with van der Waals surface area (Å²) >= 11 is 1.84. The van der Waals surface area contributed by atoms with Crippen LogP contribution in [0.2, 0.25) is 0 Å². The van der Waals surface area contributed by atoms with Gasteiger partial charge in [0, 0.05) is 30.1 Å². The molecule has 1 aromatic carbocycles. The van der Waals surface area contributed by atoms with E-state index in [1.807, 2.05) is 11.3 Å². The number of aryl methyl sites for hydroxylation is 1. The molecule has 106 valence electrons. The Balaban J connectivity index is 1.86. The van der Waals surface area contributed by atoms with Crippen molar-refractivity contribution in [1.82, 2.24) is 4.90 Å². The summed E-state index contributed by atoms with van der Waals surface area (Å²) in [5.74, 6) is 0. The van der Waals surface area contributed by atoms with Gasteiger partial charge in [-0.1, -0.05) is 30.3 Å². The van der Waals surface area contributed by atoms with Crippen LogP contribution in [0.5, 0.6) is 0 Å². The summed E-state index contributed by atoms with van der Waals surface area (Å²) in [5, 5.41) is 2.16. The van der Waals surface area contributed by atoms with Crippen molar-refractivity contribution in [3.8, 4) is 0 Å². The van der Waals surface area contributed by atoms with E-state index in [9.17, 15) is 0 Å². The number of nitrogens with two attached hydrogens (primary N) is 1. The van der Waals surface area contributed by atoms with Crippen LogP contribution in [0.4, 0.5) is 0 Å². The minimum Gasteiger partial charge on any atom is -0.329 e. The van der Waals surface area contributed by atoms with E-state index in [0.717, 1.165) is 6.54 Å². The van der Waals surface area contributed by atoms with Gasteiger partial charge in [0.2, 0.25) is 0 Å². The van der Waals surface area contributed by atoms with Gasteiger partial charge in [-0.25, -0.2) is 0 Å². The first kappa shape index (κ1) is 13.8. The predicted octanol–water partition coefficient (Wildman–Crippen LogP) is 3.72. The normalized spacial score (nSPS) is 16.6. The quantitative estimate of drug-likeness (QED) is 0.877. The van der Waals surface area contributed by atoms with Gasteiger partial charge in [0.05, 0.1) is 0 Å². The Labute approximate surface area is 125 Å². The Bertz CT molecular complexity index is 546. The zero-order valence-electron chi connectivity index (χ0n) is 12.0. The fraction of sp³-hybridized carbons (Fsp3) is 0.412. The van der Waals surface area contributed by atoms with Crippen LogP contribution in [-0.4, -0.2) is 17.5 Å². The average Bonchev–Trinajstić information content (AvgIpc) is 3.18. The summed E-state index contributed by atoms with van der Waals surface area (Å²) in [6.45, 7) is 3.90. The summed E-state index contributed by atoms with van der Waals surface area (Å²) < 4.78 is 0. The molecule has 1 aliphatic rings. The SMILES string of the molecule is Cc1ccccc1C(CN)N(Cc1cccs1)C1CC1. The van der Waals surface area contributed by atoms with Crippen LogP contribution >= 0.6 is 11.3 Å². The van der Waals surface area contributed by atoms with Gasteiger partial charge in [0.25, 0.3) is 0 Å². The molecule has 20 heavy (non-hydrogen) atoms. The lowest BCUT2D eigenvalue weighted by Gasteiger charge is -2.32. The second-order valence-electron chi connectivity index (χ2n) is 5.59. The molecular weight excluding hydrogens is 264 g/mol. The van der Waals surface area contributed by atoms with Crippen molar-refractivity contribution >= 4 is 11.3 Å². The molecular formula is C17H22N2S. The molecule has 0 bridgehead atoms. The van der Waals surface area contributed by atoms with E-state index in [2.05, 4.69) is 53.6 Å². The zero-order valence-corrected chi connectivity index (χ0v) is 12.8. The summed E-state index contributed by atoms with van der Waals surface area (Å²) in [6.07, 6.45) is 2.63. The largest absolute Gasteiger partial charge is 0.329 e. The first-order valence-electron chi connectivity index (χ1n) is 7.33. The van der Waals surface area contributed by atoms with Crippen molar-refractivity contribution in [3.05, 3.63) is 57.8 Å². The van der Waals surface area contributed by atoms with Crippen LogP contribution in [0.3, 0.4) is 0 Å². The summed E-state index contributed by atoms with van der Waals surface area (Å²) in [5.41, 5.74) is 8.87. The van der Waals surface area contributed by atoms with E-state index in [0.29, 0.717) is 18.6 Å². The summed E-state index contributed by atoms with van der Waals surface area (Å²) in [4.78, 5) is 4.04. The van der Waals surface area contributed by atoms with Crippen LogP contribution in [0.15, 0.2) is 41.8 Å². The summed E-state index contributed by atoms with van der Waals surface area (Å²) in [7, 11) is 0. The highest BCUT2D eigenvalue weighted by molar-refractivity contribution is 7.09. The first-order valence-corrected chi connectivity index (χ1v) is 8.21. The highest BCUT2D eigenvalue weighted by atomic mass is 32.1. The van der Waals surface area contributed by atoms with Crippen molar-refractivity contribution < 1.29 is 0 Å². The fourth-order valence-corrected chi connectivity index (χ4v) is 3.60. The monoisotopic (exact) mass is 286 g/mol. The van der Waals surface area contributed by atoms with Crippen LogP contribution in [0.1, 0.15) is 34.9 Å². The van der Waals surface area contributed by atoms with Gasteiger partial charge in [0.15, 0.2) is 0 Å². The highest BCUT2D eigenvalue weighted by Crippen LogP contribution is 2.36. The molecule has 0 aliphatic heterocycles. The maximum Gasteiger partial charge on any atom is 0.0479 e. The molecule has 3 heteroatoms. The average molecular weight is 286 g/mol. The number of benzene rings is 1. The molecule has 0 radical (unpaired) electrons. The van der Waals surface area contributed by atoms with Gasteiger partial charge >= 0.3 is 0 Å². The van der Waals surface area contributed by atoms with E-state index < -0.39 is 0 Å². The van der Waals surface area contributed by atoms with E-state index in [-0.39, 0.29) is 0 Å². The molecule has 1 heterocycles. The van der Waals surface area contributed by atoms with Gasteiger partial charge in [-0.2, -0.15) is 0 Å². The number of rotatable bonds is 6.